The van der Waals surface area contributed by atoms with Gasteiger partial charge >= 0.3 is 0 Å². The molecule has 0 fully saturated rings. The molecule has 1 aromatic carbocycles. The summed E-state index contributed by atoms with van der Waals surface area (Å²) in [6.45, 7) is 7.06. The van der Waals surface area contributed by atoms with E-state index in [1.54, 1.807) is 12.1 Å². The maximum atomic E-state index is 13.3. The third kappa shape index (κ3) is 5.23. The molecule has 7 heteroatoms. The molecule has 1 aliphatic rings. The number of para-hydroxylation sites is 1. The lowest BCUT2D eigenvalue weighted by molar-refractivity contribution is -0.116. The minimum atomic E-state index is -0.227. The summed E-state index contributed by atoms with van der Waals surface area (Å²) in [7, 11) is 3.69. The zero-order chi connectivity index (χ0) is 22.1. The summed E-state index contributed by atoms with van der Waals surface area (Å²) in [5.74, 6) is 0.196. The van der Waals surface area contributed by atoms with Crippen molar-refractivity contribution >= 4 is 45.4 Å². The number of hydrogen-bond donors (Lipinski definition) is 2. The van der Waals surface area contributed by atoms with E-state index in [9.17, 15) is 9.59 Å². The first-order valence-electron chi connectivity index (χ1n) is 10.2. The van der Waals surface area contributed by atoms with E-state index in [0.717, 1.165) is 24.8 Å². The van der Waals surface area contributed by atoms with Gasteiger partial charge in [0.15, 0.2) is 0 Å². The van der Waals surface area contributed by atoms with E-state index >= 15 is 0 Å². The van der Waals surface area contributed by atoms with Crippen LogP contribution in [0.15, 0.2) is 24.3 Å². The van der Waals surface area contributed by atoms with Gasteiger partial charge in [0.25, 0.3) is 5.91 Å². The highest BCUT2D eigenvalue weighted by molar-refractivity contribution is 7.17. The first-order chi connectivity index (χ1) is 14.1. The molecule has 0 bridgehead atoms. The molecule has 2 amide bonds. The lowest BCUT2D eigenvalue weighted by Crippen LogP contribution is -2.28. The number of carbonyl (C=O) groups is 2. The van der Waals surface area contributed by atoms with E-state index in [-0.39, 0.29) is 23.8 Å². The molecule has 1 aromatic heterocycles. The largest absolute Gasteiger partial charge is 0.321 e. The number of hydrogen-bond acceptors (Lipinski definition) is 4. The van der Waals surface area contributed by atoms with Crippen LogP contribution in [0.4, 0.5) is 10.7 Å². The lowest BCUT2D eigenvalue weighted by Gasteiger charge is -2.33. The summed E-state index contributed by atoms with van der Waals surface area (Å²) in [4.78, 5) is 28.7. The Morgan fingerprint density at radius 3 is 2.53 bits per heavy atom. The Bertz CT molecular complexity index is 946. The van der Waals surface area contributed by atoms with Gasteiger partial charge in [-0.3, -0.25) is 9.59 Å². The summed E-state index contributed by atoms with van der Waals surface area (Å²) >= 11 is 7.77. The Labute approximate surface area is 187 Å². The molecule has 0 radical (unpaired) electrons. The van der Waals surface area contributed by atoms with Crippen molar-refractivity contribution in [2.75, 3.05) is 31.3 Å². The standard InChI is InChI=1S/C23H30ClN3O2S/c1-23(2,3)14-10-11-15-18(12-14)30-22(26-19(28)13-27(4)5)20(15)21(29)25-17-9-7-6-8-16(17)24/h6-9,14H,10-13H2,1-5H3,(H,25,29)(H,26,28). The molecule has 30 heavy (non-hydrogen) atoms. The summed E-state index contributed by atoms with van der Waals surface area (Å²) in [5, 5.41) is 7.03. The number of thiophene rings is 1. The monoisotopic (exact) mass is 447 g/mol. The normalized spacial score (nSPS) is 16.3. The fraction of sp³-hybridized carbons (Fsp3) is 0.478. The minimum Gasteiger partial charge on any atom is -0.321 e. The molecule has 0 saturated carbocycles. The van der Waals surface area contributed by atoms with Gasteiger partial charge in [0.1, 0.15) is 5.00 Å². The summed E-state index contributed by atoms with van der Waals surface area (Å²) in [6.07, 6.45) is 2.80. The van der Waals surface area contributed by atoms with Gasteiger partial charge in [-0.2, -0.15) is 0 Å². The Kier molecular flexibility index (Phi) is 6.90. The third-order valence-electron chi connectivity index (χ3n) is 5.55. The average Bonchev–Trinajstić information content (AvgIpc) is 2.99. The van der Waals surface area contributed by atoms with E-state index in [2.05, 4.69) is 31.4 Å². The summed E-state index contributed by atoms with van der Waals surface area (Å²) in [6, 6.07) is 7.18. The van der Waals surface area contributed by atoms with Crippen molar-refractivity contribution in [3.05, 3.63) is 45.3 Å². The maximum Gasteiger partial charge on any atom is 0.258 e. The number of nitrogens with zero attached hydrogens (tertiary/aromatic N) is 1. The molecule has 2 N–H and O–H groups in total. The molecule has 0 saturated heterocycles. The fourth-order valence-corrected chi connectivity index (χ4v) is 5.38. The second kappa shape index (κ2) is 9.08. The van der Waals surface area contributed by atoms with Crippen LogP contribution in [0.5, 0.6) is 0 Å². The minimum absolute atomic E-state index is 0.127. The molecule has 0 spiro atoms. The van der Waals surface area contributed by atoms with Crippen LogP contribution >= 0.6 is 22.9 Å². The second-order valence-electron chi connectivity index (χ2n) is 9.23. The van der Waals surface area contributed by atoms with E-state index in [1.165, 1.54) is 16.2 Å². The van der Waals surface area contributed by atoms with Crippen molar-refractivity contribution in [1.29, 1.82) is 0 Å². The third-order valence-corrected chi connectivity index (χ3v) is 7.05. The van der Waals surface area contributed by atoms with E-state index < -0.39 is 0 Å². The van der Waals surface area contributed by atoms with Crippen LogP contribution in [0.2, 0.25) is 5.02 Å². The van der Waals surface area contributed by atoms with Gasteiger partial charge in [0.2, 0.25) is 5.91 Å². The molecule has 2 aromatic rings. The quantitative estimate of drug-likeness (QED) is 0.653. The zero-order valence-corrected chi connectivity index (χ0v) is 19.8. The smallest absolute Gasteiger partial charge is 0.258 e. The van der Waals surface area contributed by atoms with Crippen molar-refractivity contribution in [2.24, 2.45) is 11.3 Å². The molecule has 1 aliphatic carbocycles. The fourth-order valence-electron chi connectivity index (χ4n) is 3.85. The number of fused-ring (bicyclic) bond motifs is 1. The van der Waals surface area contributed by atoms with Crippen LogP contribution in [0, 0.1) is 11.3 Å². The second-order valence-corrected chi connectivity index (χ2v) is 10.7. The summed E-state index contributed by atoms with van der Waals surface area (Å²) < 4.78 is 0. The van der Waals surface area contributed by atoms with Gasteiger partial charge in [0.05, 0.1) is 22.8 Å². The SMILES string of the molecule is CN(C)CC(=O)Nc1sc2c(c1C(=O)Nc1ccccc1Cl)CCC(C(C)(C)C)C2. The molecule has 0 aliphatic heterocycles. The first kappa shape index (κ1) is 22.8. The average molecular weight is 448 g/mol. The number of halogens is 1. The number of rotatable bonds is 5. The van der Waals surface area contributed by atoms with Gasteiger partial charge < -0.3 is 15.5 Å². The molecular weight excluding hydrogens is 418 g/mol. The Morgan fingerprint density at radius 2 is 1.90 bits per heavy atom. The van der Waals surface area contributed by atoms with Crippen LogP contribution in [0.1, 0.15) is 48.0 Å². The summed E-state index contributed by atoms with van der Waals surface area (Å²) in [5.41, 5.74) is 2.41. The van der Waals surface area contributed by atoms with Crippen LogP contribution < -0.4 is 10.6 Å². The van der Waals surface area contributed by atoms with Gasteiger partial charge in [-0.05, 0) is 62.4 Å². The van der Waals surface area contributed by atoms with Crippen molar-refractivity contribution in [3.63, 3.8) is 0 Å². The van der Waals surface area contributed by atoms with Gasteiger partial charge in [0, 0.05) is 4.88 Å². The number of anilines is 2. The lowest BCUT2D eigenvalue weighted by atomic mass is 9.72. The molecule has 3 rings (SSSR count). The molecule has 1 unspecified atom stereocenters. The first-order valence-corrected chi connectivity index (χ1v) is 11.4. The number of nitrogens with one attached hydrogen (secondary N) is 2. The Hall–Kier alpha value is -1.89. The highest BCUT2D eigenvalue weighted by Crippen LogP contribution is 2.44. The van der Waals surface area contributed by atoms with Gasteiger partial charge in [-0.25, -0.2) is 0 Å². The van der Waals surface area contributed by atoms with E-state index in [0.29, 0.717) is 27.2 Å². The van der Waals surface area contributed by atoms with E-state index in [1.807, 2.05) is 31.1 Å². The maximum absolute atomic E-state index is 13.3. The molecule has 1 atom stereocenters. The highest BCUT2D eigenvalue weighted by atomic mass is 35.5. The number of likely N-dealkylation sites (N-methyl/N-ethyl adjacent to an activating group) is 1. The predicted octanol–water partition coefficient (Wildman–Crippen LogP) is 5.30. The van der Waals surface area contributed by atoms with E-state index in [4.69, 9.17) is 11.6 Å². The number of benzene rings is 1. The predicted molar refractivity (Wildman–Crippen MR) is 126 cm³/mol. The molecular formula is C23H30ClN3O2S. The van der Waals surface area contributed by atoms with Gasteiger partial charge in [-0.1, -0.05) is 44.5 Å². The van der Waals surface area contributed by atoms with Crippen molar-refractivity contribution < 1.29 is 9.59 Å². The highest BCUT2D eigenvalue weighted by Gasteiger charge is 2.34. The van der Waals surface area contributed by atoms with Crippen molar-refractivity contribution in [1.82, 2.24) is 4.90 Å². The van der Waals surface area contributed by atoms with Crippen molar-refractivity contribution in [3.8, 4) is 0 Å². The van der Waals surface area contributed by atoms with Crippen molar-refractivity contribution in [2.45, 2.75) is 40.0 Å². The molecule has 162 valence electrons. The van der Waals surface area contributed by atoms with Crippen LogP contribution in [0.3, 0.4) is 0 Å². The Balaban J connectivity index is 1.95. The van der Waals surface area contributed by atoms with Crippen LogP contribution in [0.25, 0.3) is 0 Å². The van der Waals surface area contributed by atoms with Gasteiger partial charge in [-0.15, -0.1) is 11.3 Å². The number of amides is 2. The topological polar surface area (TPSA) is 61.4 Å². The van der Waals surface area contributed by atoms with Crippen LogP contribution in [-0.4, -0.2) is 37.4 Å². The molecule has 5 nitrogen and oxygen atoms in total. The number of carbonyl (C=O) groups excluding carboxylic acids is 2. The zero-order valence-electron chi connectivity index (χ0n) is 18.3. The van der Waals surface area contributed by atoms with Crippen LogP contribution in [-0.2, 0) is 17.6 Å². The molecule has 1 heterocycles. The Morgan fingerprint density at radius 1 is 1.20 bits per heavy atom.